The fourth-order valence-corrected chi connectivity index (χ4v) is 3.92. The smallest absolute Gasteiger partial charge is 0.266 e. The second-order valence-corrected chi connectivity index (χ2v) is 8.10. The fraction of sp³-hybridized carbons (Fsp3) is 0.0526. The van der Waals surface area contributed by atoms with Crippen molar-refractivity contribution >= 4 is 27.3 Å². The number of hydrogen-bond donors (Lipinski definition) is 1. The van der Waals surface area contributed by atoms with Crippen LogP contribution in [-0.4, -0.2) is 18.4 Å². The van der Waals surface area contributed by atoms with Crippen molar-refractivity contribution in [2.24, 2.45) is 0 Å². The molecule has 3 heterocycles. The largest absolute Gasteiger partial charge is 0.459 e. The molecule has 0 aliphatic carbocycles. The molecular formula is C19H14ClN3O4S. The van der Waals surface area contributed by atoms with Gasteiger partial charge in [-0.05, 0) is 48.0 Å². The van der Waals surface area contributed by atoms with E-state index >= 15 is 0 Å². The number of nitrogens with zero attached hydrogens (tertiary/aromatic N) is 2. The summed E-state index contributed by atoms with van der Waals surface area (Å²) in [4.78, 5) is 8.27. The van der Waals surface area contributed by atoms with Crippen LogP contribution in [0.4, 0.5) is 5.88 Å². The lowest BCUT2D eigenvalue weighted by molar-refractivity contribution is 0.522. The topological polar surface area (TPSA) is 98.2 Å². The van der Waals surface area contributed by atoms with Gasteiger partial charge in [0.1, 0.15) is 0 Å². The summed E-state index contributed by atoms with van der Waals surface area (Å²) in [5, 5.41) is 3.19. The highest BCUT2D eigenvalue weighted by Gasteiger charge is 2.29. The third-order valence-electron chi connectivity index (χ3n) is 3.88. The summed E-state index contributed by atoms with van der Waals surface area (Å²) in [6.07, 6.45) is 4.78. The highest BCUT2D eigenvalue weighted by Crippen LogP contribution is 2.33. The molecule has 28 heavy (non-hydrogen) atoms. The molecule has 0 spiro atoms. The van der Waals surface area contributed by atoms with E-state index in [0.29, 0.717) is 17.3 Å². The number of nitrogens with one attached hydrogen (secondary N) is 1. The predicted molar refractivity (Wildman–Crippen MR) is 103 cm³/mol. The van der Waals surface area contributed by atoms with Gasteiger partial charge in [-0.3, -0.25) is 4.98 Å². The molecule has 4 aromatic rings. The minimum Gasteiger partial charge on any atom is -0.459 e. The molecule has 0 aliphatic heterocycles. The van der Waals surface area contributed by atoms with Crippen molar-refractivity contribution in [2.45, 2.75) is 16.5 Å². The molecule has 3 aromatic heterocycles. The summed E-state index contributed by atoms with van der Waals surface area (Å²) in [5.41, 5.74) is 0.855. The lowest BCUT2D eigenvalue weighted by Crippen LogP contribution is -2.07. The zero-order chi connectivity index (χ0) is 19.6. The SMILES string of the molecule is O=S(=O)(c1ccc(Cl)cc1)c1nc(-c2ccco2)oc1NCc1cccnc1. The van der Waals surface area contributed by atoms with Gasteiger partial charge in [-0.25, -0.2) is 8.42 Å². The monoisotopic (exact) mass is 415 g/mol. The average molecular weight is 416 g/mol. The number of benzene rings is 1. The summed E-state index contributed by atoms with van der Waals surface area (Å²) < 4.78 is 37.2. The van der Waals surface area contributed by atoms with Crippen molar-refractivity contribution in [2.75, 3.05) is 5.32 Å². The average Bonchev–Trinajstić information content (AvgIpc) is 3.37. The number of anilines is 1. The van der Waals surface area contributed by atoms with E-state index in [1.54, 1.807) is 30.6 Å². The van der Waals surface area contributed by atoms with Gasteiger partial charge in [0.15, 0.2) is 5.76 Å². The molecule has 0 aliphatic rings. The van der Waals surface area contributed by atoms with Crippen LogP contribution in [0.5, 0.6) is 0 Å². The van der Waals surface area contributed by atoms with E-state index in [2.05, 4.69) is 15.3 Å². The third-order valence-corrected chi connectivity index (χ3v) is 5.81. The zero-order valence-electron chi connectivity index (χ0n) is 14.4. The van der Waals surface area contributed by atoms with Crippen molar-refractivity contribution in [3.63, 3.8) is 0 Å². The van der Waals surface area contributed by atoms with Gasteiger partial charge in [0, 0.05) is 24.0 Å². The van der Waals surface area contributed by atoms with Crippen LogP contribution in [0.1, 0.15) is 5.56 Å². The number of furan rings is 1. The number of oxazole rings is 1. The molecule has 4 rings (SSSR count). The van der Waals surface area contributed by atoms with Crippen molar-refractivity contribution in [3.05, 3.63) is 77.8 Å². The maximum Gasteiger partial charge on any atom is 0.266 e. The summed E-state index contributed by atoms with van der Waals surface area (Å²) in [6, 6.07) is 12.8. The Hall–Kier alpha value is -3.10. The fourth-order valence-electron chi connectivity index (χ4n) is 2.52. The number of halogens is 1. The van der Waals surface area contributed by atoms with Crippen LogP contribution < -0.4 is 5.32 Å². The number of hydrogen-bond acceptors (Lipinski definition) is 7. The molecule has 0 atom stereocenters. The molecule has 9 heteroatoms. The first-order chi connectivity index (χ1) is 13.5. The van der Waals surface area contributed by atoms with Crippen LogP contribution in [0.15, 0.2) is 85.9 Å². The van der Waals surface area contributed by atoms with Crippen molar-refractivity contribution in [1.29, 1.82) is 0 Å². The Balaban J connectivity index is 1.74. The normalized spacial score (nSPS) is 11.5. The van der Waals surface area contributed by atoms with E-state index in [9.17, 15) is 8.42 Å². The Morgan fingerprint density at radius 1 is 1.07 bits per heavy atom. The van der Waals surface area contributed by atoms with E-state index < -0.39 is 9.84 Å². The van der Waals surface area contributed by atoms with E-state index in [-0.39, 0.29) is 21.7 Å². The predicted octanol–water partition coefficient (Wildman–Crippen LogP) is 4.43. The number of aromatic nitrogens is 2. The first-order valence-corrected chi connectivity index (χ1v) is 10.1. The minimum absolute atomic E-state index is 0.0187. The molecule has 0 radical (unpaired) electrons. The van der Waals surface area contributed by atoms with Gasteiger partial charge in [-0.2, -0.15) is 4.98 Å². The van der Waals surface area contributed by atoms with Gasteiger partial charge >= 0.3 is 0 Å². The van der Waals surface area contributed by atoms with E-state index in [0.717, 1.165) is 5.56 Å². The van der Waals surface area contributed by atoms with Crippen LogP contribution in [-0.2, 0) is 16.4 Å². The standard InChI is InChI=1S/C19H14ClN3O4S/c20-14-5-7-15(8-6-14)28(24,25)19-18(22-12-13-3-1-9-21-11-13)27-17(23-19)16-4-2-10-26-16/h1-11,22H,12H2. The summed E-state index contributed by atoms with van der Waals surface area (Å²) >= 11 is 5.87. The first kappa shape index (κ1) is 18.3. The molecule has 0 fully saturated rings. The van der Waals surface area contributed by atoms with Crippen molar-refractivity contribution in [3.8, 4) is 11.7 Å². The lowest BCUT2D eigenvalue weighted by atomic mass is 10.3. The van der Waals surface area contributed by atoms with Gasteiger partial charge in [0.2, 0.25) is 20.7 Å². The van der Waals surface area contributed by atoms with Gasteiger partial charge in [0.25, 0.3) is 5.89 Å². The first-order valence-electron chi connectivity index (χ1n) is 8.22. The Morgan fingerprint density at radius 2 is 1.89 bits per heavy atom. The molecule has 0 saturated carbocycles. The van der Waals surface area contributed by atoms with E-state index in [4.69, 9.17) is 20.4 Å². The second kappa shape index (κ2) is 7.49. The van der Waals surface area contributed by atoms with Gasteiger partial charge in [-0.1, -0.05) is 17.7 Å². The van der Waals surface area contributed by atoms with Crippen molar-refractivity contribution < 1.29 is 17.3 Å². The van der Waals surface area contributed by atoms with Gasteiger partial charge < -0.3 is 14.2 Å². The zero-order valence-corrected chi connectivity index (χ0v) is 15.9. The Morgan fingerprint density at radius 3 is 2.57 bits per heavy atom. The Bertz CT molecular complexity index is 1170. The molecule has 142 valence electrons. The van der Waals surface area contributed by atoms with Crippen LogP contribution in [0.2, 0.25) is 5.02 Å². The lowest BCUT2D eigenvalue weighted by Gasteiger charge is -2.06. The maximum absolute atomic E-state index is 13.1. The molecule has 0 unspecified atom stereocenters. The van der Waals surface area contributed by atoms with Gasteiger partial charge in [-0.15, -0.1) is 0 Å². The molecule has 1 aromatic carbocycles. The second-order valence-electron chi connectivity index (χ2n) is 5.80. The summed E-state index contributed by atoms with van der Waals surface area (Å²) in [6.45, 7) is 0.309. The number of pyridine rings is 1. The maximum atomic E-state index is 13.1. The molecule has 7 nitrogen and oxygen atoms in total. The van der Waals surface area contributed by atoms with E-state index in [1.165, 1.54) is 30.5 Å². The Kier molecular flexibility index (Phi) is 4.89. The van der Waals surface area contributed by atoms with Crippen LogP contribution in [0.3, 0.4) is 0 Å². The van der Waals surface area contributed by atoms with Crippen molar-refractivity contribution in [1.82, 2.24) is 9.97 Å². The number of sulfone groups is 1. The van der Waals surface area contributed by atoms with Crippen LogP contribution in [0, 0.1) is 0 Å². The van der Waals surface area contributed by atoms with E-state index in [1.807, 2.05) is 6.07 Å². The van der Waals surface area contributed by atoms with Crippen LogP contribution >= 0.6 is 11.6 Å². The Labute approximate surface area is 165 Å². The molecular weight excluding hydrogens is 402 g/mol. The molecule has 1 N–H and O–H groups in total. The minimum atomic E-state index is -3.94. The molecule has 0 amide bonds. The molecule has 0 bridgehead atoms. The quantitative estimate of drug-likeness (QED) is 0.497. The number of rotatable bonds is 6. The highest BCUT2D eigenvalue weighted by molar-refractivity contribution is 7.91. The van der Waals surface area contributed by atoms with Crippen LogP contribution in [0.25, 0.3) is 11.7 Å². The van der Waals surface area contributed by atoms with Gasteiger partial charge in [0.05, 0.1) is 11.2 Å². The third kappa shape index (κ3) is 3.64. The molecule has 0 saturated heterocycles. The highest BCUT2D eigenvalue weighted by atomic mass is 35.5. The summed E-state index contributed by atoms with van der Waals surface area (Å²) in [7, 11) is -3.94. The summed E-state index contributed by atoms with van der Waals surface area (Å²) in [5.74, 6) is 0.401.